The fourth-order valence-electron chi connectivity index (χ4n) is 3.58. The summed E-state index contributed by atoms with van der Waals surface area (Å²) in [6.45, 7) is 6.35. The molecule has 2 amide bonds. The highest BCUT2D eigenvalue weighted by Gasteiger charge is 2.36. The maximum atomic E-state index is 13.2. The van der Waals surface area contributed by atoms with E-state index in [-0.39, 0.29) is 29.7 Å². The van der Waals surface area contributed by atoms with Crippen LogP contribution in [0.3, 0.4) is 0 Å². The third-order valence-electron chi connectivity index (χ3n) is 5.65. The molecule has 0 unspecified atom stereocenters. The van der Waals surface area contributed by atoms with Gasteiger partial charge in [-0.15, -0.1) is 0 Å². The number of carbonyl (C=O) groups is 2. The molecule has 1 aliphatic carbocycles. The second-order valence-corrected chi connectivity index (χ2v) is 8.71. The van der Waals surface area contributed by atoms with Crippen LogP contribution < -0.4 is 10.2 Å². The molecule has 0 saturated heterocycles. The zero-order chi connectivity index (χ0) is 21.8. The van der Waals surface area contributed by atoms with E-state index in [1.54, 1.807) is 0 Å². The first-order valence-electron chi connectivity index (χ1n) is 10.7. The lowest BCUT2D eigenvalue weighted by Gasteiger charge is -2.32. The van der Waals surface area contributed by atoms with E-state index >= 15 is 0 Å². The molecular weight excluding hydrogens is 374 g/mol. The predicted molar refractivity (Wildman–Crippen MR) is 122 cm³/mol. The van der Waals surface area contributed by atoms with Crippen LogP contribution in [-0.2, 0) is 16.1 Å². The Kier molecular flexibility index (Phi) is 6.80. The summed E-state index contributed by atoms with van der Waals surface area (Å²) < 4.78 is 0. The van der Waals surface area contributed by atoms with Crippen LogP contribution in [-0.4, -0.2) is 30.8 Å². The number of nitrogens with zero attached hydrogens (tertiary/aromatic N) is 2. The van der Waals surface area contributed by atoms with Crippen molar-refractivity contribution < 1.29 is 9.59 Å². The van der Waals surface area contributed by atoms with Crippen molar-refractivity contribution >= 4 is 23.2 Å². The fraction of sp³-hybridized carbons (Fsp3) is 0.440. The van der Waals surface area contributed by atoms with Crippen molar-refractivity contribution in [3.05, 3.63) is 59.7 Å². The molecule has 1 atom stereocenters. The van der Waals surface area contributed by atoms with Crippen LogP contribution in [0.1, 0.15) is 50.8 Å². The molecule has 1 saturated carbocycles. The van der Waals surface area contributed by atoms with Gasteiger partial charge < -0.3 is 15.1 Å². The van der Waals surface area contributed by atoms with Gasteiger partial charge in [-0.05, 0) is 49.1 Å². The normalized spacial score (nSPS) is 14.3. The van der Waals surface area contributed by atoms with Crippen LogP contribution in [0.5, 0.6) is 0 Å². The van der Waals surface area contributed by atoms with E-state index in [1.807, 2.05) is 69.2 Å². The van der Waals surface area contributed by atoms with E-state index < -0.39 is 0 Å². The quantitative estimate of drug-likeness (QED) is 0.681. The van der Waals surface area contributed by atoms with Crippen molar-refractivity contribution in [2.75, 3.05) is 24.3 Å². The highest BCUT2D eigenvalue weighted by Crippen LogP contribution is 2.36. The van der Waals surface area contributed by atoms with Gasteiger partial charge in [0.1, 0.15) is 0 Å². The molecule has 1 aliphatic rings. The lowest BCUT2D eigenvalue weighted by molar-refractivity contribution is -0.135. The molecule has 0 aliphatic heterocycles. The summed E-state index contributed by atoms with van der Waals surface area (Å²) in [7, 11) is 4.00. The van der Waals surface area contributed by atoms with Gasteiger partial charge in [0.05, 0.1) is 6.04 Å². The first kappa shape index (κ1) is 21.9. The lowest BCUT2D eigenvalue weighted by Crippen LogP contribution is -2.34. The predicted octanol–water partition coefficient (Wildman–Crippen LogP) is 4.85. The van der Waals surface area contributed by atoms with Crippen LogP contribution >= 0.6 is 0 Å². The molecule has 0 bridgehead atoms. The highest BCUT2D eigenvalue weighted by atomic mass is 16.2. The zero-order valence-corrected chi connectivity index (χ0v) is 18.7. The smallest absolute Gasteiger partial charge is 0.226 e. The molecule has 2 aromatic rings. The summed E-state index contributed by atoms with van der Waals surface area (Å²) in [6.07, 6.45) is 1.95. The van der Waals surface area contributed by atoms with Crippen molar-refractivity contribution in [3.8, 4) is 0 Å². The van der Waals surface area contributed by atoms with Gasteiger partial charge in [0.15, 0.2) is 0 Å². The molecule has 1 N–H and O–H groups in total. The monoisotopic (exact) mass is 407 g/mol. The lowest BCUT2D eigenvalue weighted by atomic mass is 10.0. The second-order valence-electron chi connectivity index (χ2n) is 8.71. The van der Waals surface area contributed by atoms with Crippen molar-refractivity contribution in [3.63, 3.8) is 0 Å². The highest BCUT2D eigenvalue weighted by molar-refractivity contribution is 5.92. The van der Waals surface area contributed by atoms with Crippen LogP contribution in [0.25, 0.3) is 0 Å². The van der Waals surface area contributed by atoms with Crippen LogP contribution in [0, 0.1) is 11.8 Å². The standard InChI is InChI=1S/C25H33N3O2/c1-17(2)24(29)26-22-13-14-23(27(4)5)21(15-22)16-28(25(30)20-11-12-20)18(3)19-9-7-6-8-10-19/h6-10,13-15,17-18,20H,11-12,16H2,1-5H3,(H,26,29)/t18-/m1/s1. The molecule has 0 aromatic heterocycles. The molecule has 1 fully saturated rings. The summed E-state index contributed by atoms with van der Waals surface area (Å²) in [4.78, 5) is 29.4. The summed E-state index contributed by atoms with van der Waals surface area (Å²) in [6, 6.07) is 16.1. The number of benzene rings is 2. The summed E-state index contributed by atoms with van der Waals surface area (Å²) in [5.74, 6) is 0.255. The van der Waals surface area contributed by atoms with Gasteiger partial charge in [-0.1, -0.05) is 44.2 Å². The average molecular weight is 408 g/mol. The van der Waals surface area contributed by atoms with E-state index in [0.717, 1.165) is 35.3 Å². The van der Waals surface area contributed by atoms with E-state index in [0.29, 0.717) is 6.54 Å². The number of carbonyl (C=O) groups excluding carboxylic acids is 2. The molecule has 0 heterocycles. The molecule has 2 aromatic carbocycles. The minimum absolute atomic E-state index is 0.0119. The van der Waals surface area contributed by atoms with E-state index in [1.165, 1.54) is 0 Å². The Bertz CT molecular complexity index is 889. The Balaban J connectivity index is 1.93. The van der Waals surface area contributed by atoms with Crippen molar-refractivity contribution in [2.24, 2.45) is 11.8 Å². The Hall–Kier alpha value is -2.82. The summed E-state index contributed by atoms with van der Waals surface area (Å²) >= 11 is 0. The van der Waals surface area contributed by atoms with Gasteiger partial charge in [0.2, 0.25) is 11.8 Å². The molecule has 3 rings (SSSR count). The van der Waals surface area contributed by atoms with Gasteiger partial charge >= 0.3 is 0 Å². The Morgan fingerprint density at radius 3 is 2.27 bits per heavy atom. The molecular formula is C25H33N3O2. The molecule has 0 radical (unpaired) electrons. The molecule has 5 heteroatoms. The van der Waals surface area contributed by atoms with Crippen molar-refractivity contribution in [2.45, 2.75) is 46.2 Å². The van der Waals surface area contributed by atoms with Gasteiger partial charge in [0.25, 0.3) is 0 Å². The van der Waals surface area contributed by atoms with Crippen LogP contribution in [0.15, 0.2) is 48.5 Å². The number of rotatable bonds is 8. The van der Waals surface area contributed by atoms with Crippen LogP contribution in [0.4, 0.5) is 11.4 Å². The van der Waals surface area contributed by atoms with Gasteiger partial charge in [0, 0.05) is 43.9 Å². The first-order chi connectivity index (χ1) is 14.3. The SMILES string of the molecule is CC(C)C(=O)Nc1ccc(N(C)C)c(CN(C(=O)C2CC2)[C@H](C)c2ccccc2)c1. The van der Waals surface area contributed by atoms with Crippen molar-refractivity contribution in [1.29, 1.82) is 0 Å². The van der Waals surface area contributed by atoms with Crippen LogP contribution in [0.2, 0.25) is 0 Å². The molecule has 5 nitrogen and oxygen atoms in total. The zero-order valence-electron chi connectivity index (χ0n) is 18.7. The largest absolute Gasteiger partial charge is 0.377 e. The van der Waals surface area contributed by atoms with E-state index in [2.05, 4.69) is 29.3 Å². The number of hydrogen-bond donors (Lipinski definition) is 1. The number of amides is 2. The Labute approximate surface area is 180 Å². The van der Waals surface area contributed by atoms with Gasteiger partial charge in [-0.25, -0.2) is 0 Å². The molecule has 160 valence electrons. The minimum Gasteiger partial charge on any atom is -0.377 e. The minimum atomic E-state index is -0.0898. The van der Waals surface area contributed by atoms with Crippen molar-refractivity contribution in [1.82, 2.24) is 4.90 Å². The average Bonchev–Trinajstić information content (AvgIpc) is 3.57. The fourth-order valence-corrected chi connectivity index (χ4v) is 3.58. The first-order valence-corrected chi connectivity index (χ1v) is 10.7. The summed E-state index contributed by atoms with van der Waals surface area (Å²) in [5.41, 5.74) is 3.97. The Morgan fingerprint density at radius 1 is 1.03 bits per heavy atom. The number of nitrogens with one attached hydrogen (secondary N) is 1. The third kappa shape index (κ3) is 5.21. The topological polar surface area (TPSA) is 52.7 Å². The van der Waals surface area contributed by atoms with Gasteiger partial charge in [-0.2, -0.15) is 0 Å². The maximum absolute atomic E-state index is 13.2. The Morgan fingerprint density at radius 2 is 1.70 bits per heavy atom. The molecule has 0 spiro atoms. The number of hydrogen-bond acceptors (Lipinski definition) is 3. The summed E-state index contributed by atoms with van der Waals surface area (Å²) in [5, 5.41) is 2.99. The van der Waals surface area contributed by atoms with Gasteiger partial charge in [-0.3, -0.25) is 9.59 Å². The third-order valence-corrected chi connectivity index (χ3v) is 5.65. The number of anilines is 2. The maximum Gasteiger partial charge on any atom is 0.226 e. The second kappa shape index (κ2) is 9.33. The van der Waals surface area contributed by atoms with E-state index in [4.69, 9.17) is 0 Å². The van der Waals surface area contributed by atoms with E-state index in [9.17, 15) is 9.59 Å². The molecule has 30 heavy (non-hydrogen) atoms.